The molecule has 33 heavy (non-hydrogen) atoms. The maximum Gasteiger partial charge on any atom is 0.283 e. The fourth-order valence-corrected chi connectivity index (χ4v) is 4.90. The van der Waals surface area contributed by atoms with E-state index in [1.807, 2.05) is 0 Å². The van der Waals surface area contributed by atoms with Gasteiger partial charge in [-0.25, -0.2) is 18.3 Å². The van der Waals surface area contributed by atoms with Crippen LogP contribution in [0.2, 0.25) is 0 Å². The second kappa shape index (κ2) is 8.61. The molecular weight excluding hydrogens is 494 g/mol. The van der Waals surface area contributed by atoms with E-state index in [-0.39, 0.29) is 27.1 Å². The van der Waals surface area contributed by atoms with Crippen molar-refractivity contribution in [3.8, 4) is 0 Å². The molecular formula is C19H12ClN5O6S2. The molecule has 0 fully saturated rings. The molecule has 168 valence electrons. The van der Waals surface area contributed by atoms with E-state index in [0.29, 0.717) is 10.6 Å². The Hall–Kier alpha value is -3.81. The number of sulfonamides is 1. The average Bonchev–Trinajstić information content (AvgIpc) is 3.36. The smallest absolute Gasteiger partial charge is 0.283 e. The number of hydrogen-bond donors (Lipinski definition) is 2. The summed E-state index contributed by atoms with van der Waals surface area (Å²) in [6, 6.07) is 10.4. The van der Waals surface area contributed by atoms with Crippen molar-refractivity contribution >= 4 is 67.0 Å². The van der Waals surface area contributed by atoms with E-state index in [2.05, 4.69) is 15.0 Å². The summed E-state index contributed by atoms with van der Waals surface area (Å²) in [5, 5.41) is 15.1. The lowest BCUT2D eigenvalue weighted by atomic mass is 10.2. The Balaban J connectivity index is 1.54. The van der Waals surface area contributed by atoms with Crippen molar-refractivity contribution in [1.29, 1.82) is 0 Å². The number of halogens is 1. The maximum absolute atomic E-state index is 12.8. The summed E-state index contributed by atoms with van der Waals surface area (Å²) < 4.78 is 27.2. The van der Waals surface area contributed by atoms with Crippen LogP contribution in [0.5, 0.6) is 0 Å². The minimum Gasteiger partial charge on any atom is -0.350 e. The lowest BCUT2D eigenvalue weighted by Gasteiger charge is -2.15. The number of nitrogens with one attached hydrogen (secondary N) is 2. The zero-order valence-corrected chi connectivity index (χ0v) is 18.6. The Morgan fingerprint density at radius 1 is 1.09 bits per heavy atom. The molecule has 0 bridgehead atoms. The van der Waals surface area contributed by atoms with Crippen molar-refractivity contribution in [3.05, 3.63) is 81.0 Å². The molecule has 3 aromatic rings. The normalized spacial score (nSPS) is 14.0. The number of non-ortho nitro benzene ring substituents is 1. The Kier molecular flexibility index (Phi) is 5.84. The molecule has 0 radical (unpaired) electrons. The maximum atomic E-state index is 12.8. The minimum atomic E-state index is -3.87. The van der Waals surface area contributed by atoms with Crippen molar-refractivity contribution in [1.82, 2.24) is 4.98 Å². The average molecular weight is 506 g/mol. The van der Waals surface area contributed by atoms with E-state index in [0.717, 1.165) is 17.4 Å². The standard InChI is InChI=1S/C19H12ClN5O6S2/c20-15-16(18(27)24(17(15)26)12-2-1-3-13(10-12)25(28)29)22-11-4-6-14(7-5-11)33(30,31)23-19-21-8-9-32-19/h1-10,22H,(H,21,23). The van der Waals surface area contributed by atoms with E-state index in [4.69, 9.17) is 11.6 Å². The fourth-order valence-electron chi connectivity index (χ4n) is 2.90. The number of carbonyl (C=O) groups excluding carboxylic acids is 2. The highest BCUT2D eigenvalue weighted by molar-refractivity contribution is 7.93. The van der Waals surface area contributed by atoms with Crippen LogP contribution in [0.4, 0.5) is 22.2 Å². The molecule has 11 nitrogen and oxygen atoms in total. The lowest BCUT2D eigenvalue weighted by Crippen LogP contribution is -2.32. The quantitative estimate of drug-likeness (QED) is 0.282. The summed E-state index contributed by atoms with van der Waals surface area (Å²) in [4.78, 5) is 40.3. The third-order valence-corrected chi connectivity index (χ3v) is 6.94. The summed E-state index contributed by atoms with van der Waals surface area (Å²) in [6.45, 7) is 0. The van der Waals surface area contributed by atoms with Gasteiger partial charge in [-0.05, 0) is 30.3 Å². The number of rotatable bonds is 7. The number of thiazole rings is 1. The van der Waals surface area contributed by atoms with E-state index in [1.165, 1.54) is 48.7 Å². The molecule has 2 heterocycles. The van der Waals surface area contributed by atoms with Crippen LogP contribution in [0.1, 0.15) is 0 Å². The highest BCUT2D eigenvalue weighted by Gasteiger charge is 2.39. The van der Waals surface area contributed by atoms with Gasteiger partial charge in [0.05, 0.1) is 15.5 Å². The van der Waals surface area contributed by atoms with Crippen LogP contribution in [-0.2, 0) is 19.6 Å². The minimum absolute atomic E-state index is 0.0103. The van der Waals surface area contributed by atoms with Crippen LogP contribution in [0, 0.1) is 10.1 Å². The molecule has 1 aliphatic rings. The summed E-state index contributed by atoms with van der Waals surface area (Å²) in [5.74, 6) is -1.66. The fraction of sp³-hybridized carbons (Fsp3) is 0. The largest absolute Gasteiger partial charge is 0.350 e. The van der Waals surface area contributed by atoms with Gasteiger partial charge in [0, 0.05) is 29.4 Å². The van der Waals surface area contributed by atoms with Gasteiger partial charge in [0.2, 0.25) is 0 Å². The van der Waals surface area contributed by atoms with E-state index >= 15 is 0 Å². The predicted octanol–water partition coefficient (Wildman–Crippen LogP) is 3.29. The summed E-state index contributed by atoms with van der Waals surface area (Å²) in [5.41, 5.74) is -0.263. The third kappa shape index (κ3) is 4.41. The van der Waals surface area contributed by atoms with Gasteiger partial charge in [0.1, 0.15) is 10.7 Å². The first-order valence-corrected chi connectivity index (χ1v) is 11.7. The molecule has 0 spiro atoms. The summed E-state index contributed by atoms with van der Waals surface area (Å²) in [7, 11) is -3.87. The Bertz CT molecular complexity index is 1400. The van der Waals surface area contributed by atoms with Crippen LogP contribution in [0.3, 0.4) is 0 Å². The summed E-state index contributed by atoms with van der Waals surface area (Å²) in [6.07, 6.45) is 1.46. The first-order valence-electron chi connectivity index (χ1n) is 9.00. The van der Waals surface area contributed by atoms with Crippen LogP contribution < -0.4 is 14.9 Å². The number of nitro groups is 1. The highest BCUT2D eigenvalue weighted by Crippen LogP contribution is 2.32. The van der Waals surface area contributed by atoms with Gasteiger partial charge in [-0.1, -0.05) is 17.7 Å². The Labute approximate surface area is 195 Å². The first kappa shape index (κ1) is 22.4. The SMILES string of the molecule is O=C1C(Cl)=C(Nc2ccc(S(=O)(=O)Nc3nccs3)cc2)C(=O)N1c1cccc([N+](=O)[O-])c1. The van der Waals surface area contributed by atoms with Crippen molar-refractivity contribution < 1.29 is 22.9 Å². The Morgan fingerprint density at radius 2 is 1.82 bits per heavy atom. The van der Waals surface area contributed by atoms with Gasteiger partial charge < -0.3 is 5.32 Å². The monoisotopic (exact) mass is 505 g/mol. The molecule has 0 saturated heterocycles. The first-order chi connectivity index (χ1) is 15.7. The molecule has 2 amide bonds. The number of aromatic nitrogens is 1. The predicted molar refractivity (Wildman–Crippen MR) is 121 cm³/mol. The number of nitro benzene ring substituents is 1. The number of amides is 2. The molecule has 1 aliphatic heterocycles. The van der Waals surface area contributed by atoms with Gasteiger partial charge in [-0.15, -0.1) is 11.3 Å². The highest BCUT2D eigenvalue weighted by atomic mass is 35.5. The number of hydrogen-bond acceptors (Lipinski definition) is 9. The van der Waals surface area contributed by atoms with Crippen LogP contribution in [0.15, 0.2) is 75.7 Å². The second-order valence-corrected chi connectivity index (χ2v) is 9.46. The third-order valence-electron chi connectivity index (χ3n) is 4.41. The number of benzene rings is 2. The van der Waals surface area contributed by atoms with Gasteiger partial charge in [-0.2, -0.15) is 0 Å². The molecule has 0 saturated carbocycles. The van der Waals surface area contributed by atoms with E-state index in [1.54, 1.807) is 5.38 Å². The van der Waals surface area contributed by atoms with Gasteiger partial charge in [0.15, 0.2) is 5.13 Å². The van der Waals surface area contributed by atoms with Crippen molar-refractivity contribution in [3.63, 3.8) is 0 Å². The van der Waals surface area contributed by atoms with Crippen LogP contribution >= 0.6 is 22.9 Å². The topological polar surface area (TPSA) is 152 Å². The van der Waals surface area contributed by atoms with Crippen molar-refractivity contribution in [2.45, 2.75) is 4.90 Å². The van der Waals surface area contributed by atoms with Crippen molar-refractivity contribution in [2.24, 2.45) is 0 Å². The van der Waals surface area contributed by atoms with Gasteiger partial charge >= 0.3 is 0 Å². The molecule has 0 aliphatic carbocycles. The molecule has 1 aromatic heterocycles. The molecule has 0 atom stereocenters. The second-order valence-electron chi connectivity index (χ2n) is 6.50. The molecule has 2 aromatic carbocycles. The molecule has 2 N–H and O–H groups in total. The van der Waals surface area contributed by atoms with E-state index in [9.17, 15) is 28.1 Å². The van der Waals surface area contributed by atoms with Crippen molar-refractivity contribution in [2.75, 3.05) is 14.9 Å². The Morgan fingerprint density at radius 3 is 2.45 bits per heavy atom. The van der Waals surface area contributed by atoms with Gasteiger partial charge in [-0.3, -0.25) is 24.4 Å². The number of nitrogens with zero attached hydrogens (tertiary/aromatic N) is 3. The molecule has 0 unspecified atom stereocenters. The zero-order valence-electron chi connectivity index (χ0n) is 16.3. The van der Waals surface area contributed by atoms with Gasteiger partial charge in [0.25, 0.3) is 27.5 Å². The molecule has 14 heteroatoms. The lowest BCUT2D eigenvalue weighted by molar-refractivity contribution is -0.384. The van der Waals surface area contributed by atoms with Crippen LogP contribution in [-0.4, -0.2) is 30.1 Å². The van der Waals surface area contributed by atoms with E-state index < -0.39 is 31.8 Å². The number of carbonyl (C=O) groups is 2. The number of anilines is 3. The molecule has 4 rings (SSSR count). The zero-order chi connectivity index (χ0) is 23.8. The number of imide groups is 1. The summed E-state index contributed by atoms with van der Waals surface area (Å²) >= 11 is 7.19. The van der Waals surface area contributed by atoms with Crippen LogP contribution in [0.25, 0.3) is 0 Å².